The Morgan fingerprint density at radius 3 is 2.61 bits per heavy atom. The zero-order valence-electron chi connectivity index (χ0n) is 17.3. The van der Waals surface area contributed by atoms with Crippen molar-refractivity contribution < 1.29 is 45.6 Å². The second-order valence-corrected chi connectivity index (χ2v) is 9.17. The average Bonchev–Trinajstić information content (AvgIpc) is 3.07. The summed E-state index contributed by atoms with van der Waals surface area (Å²) in [5.41, 5.74) is 1.05. The molecule has 1 heterocycles. The molecule has 0 fully saturated rings. The number of amides is 1. The van der Waals surface area contributed by atoms with Gasteiger partial charge in [-0.2, -0.15) is 13.2 Å². The third kappa shape index (κ3) is 5.92. The lowest BCUT2D eigenvalue weighted by molar-refractivity contribution is -0.167. The Bertz CT molecular complexity index is 1180. The fraction of sp³-hybridized carbons (Fsp3) is 0.300. The maximum atomic E-state index is 13.1. The van der Waals surface area contributed by atoms with E-state index in [-0.39, 0.29) is 29.4 Å². The van der Waals surface area contributed by atoms with Gasteiger partial charge in [0.2, 0.25) is 0 Å². The molecule has 0 bridgehead atoms. The van der Waals surface area contributed by atoms with Crippen molar-refractivity contribution >= 4 is 40.0 Å². The molecule has 1 aliphatic rings. The summed E-state index contributed by atoms with van der Waals surface area (Å²) in [6.45, 7) is 1.75. The highest BCUT2D eigenvalue weighted by molar-refractivity contribution is 7.90. The Labute approximate surface area is 187 Å². The van der Waals surface area contributed by atoms with Crippen molar-refractivity contribution in [3.05, 3.63) is 53.1 Å². The maximum Gasteiger partial charge on any atom is 0.491 e. The van der Waals surface area contributed by atoms with E-state index in [4.69, 9.17) is 9.39 Å². The van der Waals surface area contributed by atoms with Gasteiger partial charge in [-0.05, 0) is 47.3 Å². The summed E-state index contributed by atoms with van der Waals surface area (Å²) in [5.74, 6) is -3.53. The SMILES string of the molecule is CCOC(=O)Cc1cc(NC(=O)C(F)(F)F)ccc1S(=O)(=O)Cc1ccc2c(c1)B(O)OC2. The van der Waals surface area contributed by atoms with Gasteiger partial charge in [-0.25, -0.2) is 8.42 Å². The van der Waals surface area contributed by atoms with Gasteiger partial charge in [0.05, 0.1) is 30.3 Å². The molecule has 0 spiro atoms. The lowest BCUT2D eigenvalue weighted by atomic mass is 9.79. The van der Waals surface area contributed by atoms with Gasteiger partial charge in [-0.3, -0.25) is 9.59 Å². The van der Waals surface area contributed by atoms with Crippen LogP contribution in [0.15, 0.2) is 41.3 Å². The number of hydrogen-bond acceptors (Lipinski definition) is 7. The lowest BCUT2D eigenvalue weighted by Crippen LogP contribution is -2.30. The molecule has 33 heavy (non-hydrogen) atoms. The number of esters is 1. The van der Waals surface area contributed by atoms with Crippen molar-refractivity contribution in [2.75, 3.05) is 11.9 Å². The fourth-order valence-corrected chi connectivity index (χ4v) is 4.90. The van der Waals surface area contributed by atoms with E-state index in [2.05, 4.69) is 0 Å². The Balaban J connectivity index is 1.94. The van der Waals surface area contributed by atoms with E-state index in [0.717, 1.165) is 23.8 Å². The van der Waals surface area contributed by atoms with Crippen LogP contribution in [0, 0.1) is 0 Å². The number of fused-ring (bicyclic) bond motifs is 1. The molecule has 1 aliphatic heterocycles. The molecule has 13 heteroatoms. The Kier molecular flexibility index (Phi) is 7.15. The highest BCUT2D eigenvalue weighted by Crippen LogP contribution is 2.27. The van der Waals surface area contributed by atoms with E-state index in [1.807, 2.05) is 0 Å². The standard InChI is InChI=1S/C20H19BF3NO7S/c1-2-31-18(26)9-14-8-15(25-19(27)20(22,23)24)5-6-17(14)33(29,30)11-12-3-4-13-10-32-21(28)16(13)7-12/h3-8,28H,2,9-11H2,1H3,(H,25,27). The smallest absolute Gasteiger partial charge is 0.466 e. The van der Waals surface area contributed by atoms with Crippen molar-refractivity contribution in [1.29, 1.82) is 0 Å². The second kappa shape index (κ2) is 9.53. The summed E-state index contributed by atoms with van der Waals surface area (Å²) < 4.78 is 73.9. The Morgan fingerprint density at radius 1 is 1.21 bits per heavy atom. The first-order chi connectivity index (χ1) is 15.4. The maximum absolute atomic E-state index is 13.1. The van der Waals surface area contributed by atoms with Gasteiger partial charge in [0.25, 0.3) is 0 Å². The van der Waals surface area contributed by atoms with Gasteiger partial charge >= 0.3 is 25.2 Å². The van der Waals surface area contributed by atoms with E-state index >= 15 is 0 Å². The summed E-state index contributed by atoms with van der Waals surface area (Å²) in [6.07, 6.45) is -5.68. The second-order valence-electron chi connectivity index (χ2n) is 7.21. The highest BCUT2D eigenvalue weighted by atomic mass is 32.2. The normalized spacial score (nSPS) is 13.5. The molecule has 2 N–H and O–H groups in total. The topological polar surface area (TPSA) is 119 Å². The van der Waals surface area contributed by atoms with Gasteiger partial charge in [0.15, 0.2) is 9.84 Å². The minimum atomic E-state index is -5.14. The molecule has 0 radical (unpaired) electrons. The van der Waals surface area contributed by atoms with Gasteiger partial charge in [-0.15, -0.1) is 0 Å². The number of hydrogen-bond donors (Lipinski definition) is 2. The van der Waals surface area contributed by atoms with Crippen LogP contribution in [0.4, 0.5) is 18.9 Å². The van der Waals surface area contributed by atoms with Crippen LogP contribution in [-0.4, -0.2) is 45.2 Å². The zero-order chi connectivity index (χ0) is 24.4. The number of carbonyl (C=O) groups is 2. The van der Waals surface area contributed by atoms with Crippen LogP contribution in [0.1, 0.15) is 23.6 Å². The van der Waals surface area contributed by atoms with E-state index in [9.17, 15) is 36.2 Å². The molecule has 3 rings (SSSR count). The minimum Gasteiger partial charge on any atom is -0.466 e. The van der Waals surface area contributed by atoms with Crippen LogP contribution in [0.2, 0.25) is 0 Å². The van der Waals surface area contributed by atoms with Crippen LogP contribution in [0.3, 0.4) is 0 Å². The quantitative estimate of drug-likeness (QED) is 0.451. The minimum absolute atomic E-state index is 0.0188. The molecule has 2 aromatic rings. The largest absolute Gasteiger partial charge is 0.491 e. The zero-order valence-corrected chi connectivity index (χ0v) is 18.1. The summed E-state index contributed by atoms with van der Waals surface area (Å²) in [5, 5.41) is 11.5. The number of anilines is 1. The summed E-state index contributed by atoms with van der Waals surface area (Å²) in [7, 11) is -5.25. The van der Waals surface area contributed by atoms with Crippen LogP contribution in [-0.2, 0) is 47.6 Å². The predicted octanol–water partition coefficient (Wildman–Crippen LogP) is 1.48. The molecule has 0 saturated carbocycles. The lowest BCUT2D eigenvalue weighted by Gasteiger charge is -2.14. The molecular weight excluding hydrogens is 466 g/mol. The first kappa shape index (κ1) is 24.7. The molecule has 176 valence electrons. The molecule has 0 unspecified atom stereocenters. The van der Waals surface area contributed by atoms with Crippen molar-refractivity contribution in [3.63, 3.8) is 0 Å². The number of halogens is 3. The van der Waals surface area contributed by atoms with Crippen molar-refractivity contribution in [1.82, 2.24) is 0 Å². The number of ether oxygens (including phenoxy) is 1. The molecule has 0 atom stereocenters. The first-order valence-corrected chi connectivity index (χ1v) is 11.4. The number of sulfone groups is 1. The summed E-state index contributed by atoms with van der Waals surface area (Å²) in [6, 6.07) is 7.71. The van der Waals surface area contributed by atoms with Crippen LogP contribution in [0.5, 0.6) is 0 Å². The molecule has 0 aliphatic carbocycles. The molecule has 2 aromatic carbocycles. The average molecular weight is 485 g/mol. The van der Waals surface area contributed by atoms with Gasteiger partial charge in [-0.1, -0.05) is 18.2 Å². The van der Waals surface area contributed by atoms with Gasteiger partial charge in [0, 0.05) is 5.69 Å². The van der Waals surface area contributed by atoms with Gasteiger partial charge < -0.3 is 19.7 Å². The highest BCUT2D eigenvalue weighted by Gasteiger charge is 2.39. The molecule has 0 saturated heterocycles. The molecule has 0 aromatic heterocycles. The molecular formula is C20H19BF3NO7S. The van der Waals surface area contributed by atoms with E-state index in [1.54, 1.807) is 24.4 Å². The van der Waals surface area contributed by atoms with E-state index in [0.29, 0.717) is 11.0 Å². The van der Waals surface area contributed by atoms with Gasteiger partial charge in [0.1, 0.15) is 0 Å². The van der Waals surface area contributed by atoms with Crippen molar-refractivity contribution in [2.24, 2.45) is 0 Å². The van der Waals surface area contributed by atoms with Crippen molar-refractivity contribution in [3.8, 4) is 0 Å². The summed E-state index contributed by atoms with van der Waals surface area (Å²) >= 11 is 0. The van der Waals surface area contributed by atoms with E-state index < -0.39 is 47.2 Å². The first-order valence-electron chi connectivity index (χ1n) is 9.71. The third-order valence-electron chi connectivity index (χ3n) is 4.78. The third-order valence-corrected chi connectivity index (χ3v) is 6.56. The van der Waals surface area contributed by atoms with E-state index in [1.165, 1.54) is 6.07 Å². The number of alkyl halides is 3. The molecule has 8 nitrogen and oxygen atoms in total. The summed E-state index contributed by atoms with van der Waals surface area (Å²) in [4.78, 5) is 22.9. The van der Waals surface area contributed by atoms with Crippen molar-refractivity contribution in [2.45, 2.75) is 36.8 Å². The number of nitrogens with one attached hydrogen (secondary N) is 1. The number of carbonyl (C=O) groups excluding carboxylic acids is 2. The number of benzene rings is 2. The van der Waals surface area contributed by atoms with Crippen LogP contribution in [0.25, 0.3) is 0 Å². The fourth-order valence-electron chi connectivity index (χ4n) is 3.32. The monoisotopic (exact) mass is 485 g/mol. The van der Waals surface area contributed by atoms with Crippen LogP contribution >= 0.6 is 0 Å². The Hall–Kier alpha value is -2.90. The molecule has 1 amide bonds. The van der Waals surface area contributed by atoms with Crippen LogP contribution < -0.4 is 10.8 Å². The Morgan fingerprint density at radius 2 is 1.94 bits per heavy atom. The predicted molar refractivity (Wildman–Crippen MR) is 111 cm³/mol. The number of rotatable bonds is 7.